The van der Waals surface area contributed by atoms with E-state index in [0.717, 1.165) is 42.7 Å². The Hall–Kier alpha value is -0.690. The first-order chi connectivity index (χ1) is 8.61. The van der Waals surface area contributed by atoms with Crippen molar-refractivity contribution in [2.24, 2.45) is 0 Å². The molecule has 0 saturated carbocycles. The zero-order chi connectivity index (χ0) is 13.1. The molecule has 1 unspecified atom stereocenters. The van der Waals surface area contributed by atoms with Gasteiger partial charge in [-0.15, -0.1) is 10.2 Å². The van der Waals surface area contributed by atoms with E-state index >= 15 is 0 Å². The van der Waals surface area contributed by atoms with Crippen molar-refractivity contribution < 1.29 is 4.79 Å². The summed E-state index contributed by atoms with van der Waals surface area (Å²) >= 11 is 5.02. The number of anilines is 1. The zero-order valence-electron chi connectivity index (χ0n) is 10.6. The highest BCUT2D eigenvalue weighted by Gasteiger charge is 2.25. The van der Waals surface area contributed by atoms with Crippen molar-refractivity contribution in [1.82, 2.24) is 15.1 Å². The average molecular weight is 333 g/mol. The Morgan fingerprint density at radius 1 is 1.39 bits per heavy atom. The number of carbonyl (C=O) groups excluding carboxylic acids is 1. The number of aromatic nitrogens is 2. The summed E-state index contributed by atoms with van der Waals surface area (Å²) < 4.78 is 0. The molecule has 1 saturated heterocycles. The van der Waals surface area contributed by atoms with Gasteiger partial charge in [0.1, 0.15) is 5.01 Å². The minimum atomic E-state index is -0.0483. The minimum Gasteiger partial charge on any atom is -0.343 e. The number of rotatable bonds is 3. The highest BCUT2D eigenvalue weighted by atomic mass is 79.9. The van der Waals surface area contributed by atoms with Crippen LogP contribution in [0.25, 0.3) is 0 Å². The average Bonchev–Trinajstić information content (AvgIpc) is 2.84. The van der Waals surface area contributed by atoms with Crippen LogP contribution in [0, 0.1) is 6.92 Å². The summed E-state index contributed by atoms with van der Waals surface area (Å²) in [6, 6.07) is 0. The molecular weight excluding hydrogens is 316 g/mol. The largest absolute Gasteiger partial charge is 0.343 e. The van der Waals surface area contributed by atoms with Crippen LogP contribution in [-0.2, 0) is 4.79 Å². The van der Waals surface area contributed by atoms with E-state index in [1.807, 2.05) is 18.7 Å². The molecule has 18 heavy (non-hydrogen) atoms. The van der Waals surface area contributed by atoms with E-state index in [1.54, 1.807) is 11.3 Å². The lowest BCUT2D eigenvalue weighted by Gasteiger charge is -2.35. The Labute approximate surface area is 119 Å². The Balaban J connectivity index is 1.90. The monoisotopic (exact) mass is 332 g/mol. The number of carbonyl (C=O) groups is 1. The molecule has 0 aromatic carbocycles. The quantitative estimate of drug-likeness (QED) is 0.790. The third-order valence-corrected chi connectivity index (χ3v) is 4.94. The van der Waals surface area contributed by atoms with E-state index in [4.69, 9.17) is 0 Å². The van der Waals surface area contributed by atoms with Crippen molar-refractivity contribution in [2.75, 3.05) is 31.1 Å². The molecule has 7 heteroatoms. The summed E-state index contributed by atoms with van der Waals surface area (Å²) in [5.74, 6) is 0.200. The molecule has 1 atom stereocenters. The van der Waals surface area contributed by atoms with Crippen molar-refractivity contribution in [1.29, 1.82) is 0 Å². The van der Waals surface area contributed by atoms with Crippen molar-refractivity contribution in [3.8, 4) is 0 Å². The Kier molecular flexibility index (Phi) is 4.55. The molecule has 1 aromatic heterocycles. The second-order valence-corrected chi connectivity index (χ2v) is 6.56. The lowest BCUT2D eigenvalue weighted by molar-refractivity contribution is -0.130. The molecule has 0 N–H and O–H groups in total. The number of hydrogen-bond donors (Lipinski definition) is 0. The summed E-state index contributed by atoms with van der Waals surface area (Å²) in [7, 11) is 0. The highest BCUT2D eigenvalue weighted by Crippen LogP contribution is 2.21. The molecule has 1 aliphatic heterocycles. The summed E-state index contributed by atoms with van der Waals surface area (Å²) in [4.78, 5) is 16.1. The van der Waals surface area contributed by atoms with Crippen molar-refractivity contribution in [3.05, 3.63) is 5.01 Å². The number of aryl methyl sites for hydroxylation is 1. The van der Waals surface area contributed by atoms with Gasteiger partial charge in [0.2, 0.25) is 11.0 Å². The molecule has 2 heterocycles. The minimum absolute atomic E-state index is 0.0483. The Morgan fingerprint density at radius 2 is 2.06 bits per heavy atom. The predicted octanol–water partition coefficient (Wildman–Crippen LogP) is 1.67. The summed E-state index contributed by atoms with van der Waals surface area (Å²) in [6.07, 6.45) is 0.828. The predicted molar refractivity (Wildman–Crippen MR) is 76.4 cm³/mol. The van der Waals surface area contributed by atoms with Crippen LogP contribution < -0.4 is 4.90 Å². The van der Waals surface area contributed by atoms with Crippen LogP contribution in [0.5, 0.6) is 0 Å². The van der Waals surface area contributed by atoms with Gasteiger partial charge in [-0.2, -0.15) is 0 Å². The lowest BCUT2D eigenvalue weighted by atomic mass is 10.2. The first-order valence-corrected chi connectivity index (χ1v) is 7.83. The maximum absolute atomic E-state index is 12.0. The van der Waals surface area contributed by atoms with E-state index in [2.05, 4.69) is 31.0 Å². The zero-order valence-corrected chi connectivity index (χ0v) is 13.0. The van der Waals surface area contributed by atoms with Gasteiger partial charge in [0.05, 0.1) is 4.83 Å². The molecule has 0 bridgehead atoms. The maximum Gasteiger partial charge on any atom is 0.236 e. The Bertz CT molecular complexity index is 417. The van der Waals surface area contributed by atoms with Gasteiger partial charge in [-0.05, 0) is 13.3 Å². The fourth-order valence-electron chi connectivity index (χ4n) is 1.90. The van der Waals surface area contributed by atoms with E-state index in [-0.39, 0.29) is 10.7 Å². The van der Waals surface area contributed by atoms with Crippen molar-refractivity contribution in [3.63, 3.8) is 0 Å². The molecule has 1 amide bonds. The maximum atomic E-state index is 12.0. The number of piperazine rings is 1. The molecule has 2 rings (SSSR count). The highest BCUT2D eigenvalue weighted by molar-refractivity contribution is 9.10. The van der Waals surface area contributed by atoms with Gasteiger partial charge < -0.3 is 9.80 Å². The van der Waals surface area contributed by atoms with Crippen LogP contribution >= 0.6 is 27.3 Å². The smallest absolute Gasteiger partial charge is 0.236 e. The van der Waals surface area contributed by atoms with E-state index < -0.39 is 0 Å². The third kappa shape index (κ3) is 3.00. The van der Waals surface area contributed by atoms with Crippen LogP contribution in [0.3, 0.4) is 0 Å². The molecule has 5 nitrogen and oxygen atoms in total. The summed E-state index contributed by atoms with van der Waals surface area (Å²) in [6.45, 7) is 7.17. The second kappa shape index (κ2) is 5.97. The van der Waals surface area contributed by atoms with Crippen LogP contribution in [0.4, 0.5) is 5.13 Å². The number of nitrogens with zero attached hydrogens (tertiary/aromatic N) is 4. The van der Waals surface area contributed by atoms with Crippen LogP contribution in [0.1, 0.15) is 18.4 Å². The van der Waals surface area contributed by atoms with E-state index in [0.29, 0.717) is 0 Å². The molecule has 0 radical (unpaired) electrons. The molecule has 0 aliphatic carbocycles. The van der Waals surface area contributed by atoms with Crippen molar-refractivity contribution in [2.45, 2.75) is 25.1 Å². The standard InChI is InChI=1S/C11H17BrN4OS/c1-3-9(12)10(17)15-4-6-16(7-5-15)11-14-13-8(2)18-11/h9H,3-7H2,1-2H3. The van der Waals surface area contributed by atoms with Crippen molar-refractivity contribution >= 4 is 38.3 Å². The lowest BCUT2D eigenvalue weighted by Crippen LogP contribution is -2.50. The van der Waals surface area contributed by atoms with E-state index in [1.165, 1.54) is 0 Å². The number of amides is 1. The Morgan fingerprint density at radius 3 is 2.56 bits per heavy atom. The molecule has 1 aliphatic rings. The first kappa shape index (κ1) is 13.7. The molecule has 0 spiro atoms. The van der Waals surface area contributed by atoms with E-state index in [9.17, 15) is 4.79 Å². The van der Waals surface area contributed by atoms with Gasteiger partial charge >= 0.3 is 0 Å². The van der Waals surface area contributed by atoms with Gasteiger partial charge in [0.15, 0.2) is 0 Å². The van der Waals surface area contributed by atoms with Crippen LogP contribution in [0.15, 0.2) is 0 Å². The first-order valence-electron chi connectivity index (χ1n) is 6.09. The van der Waals surface area contributed by atoms with Crippen LogP contribution in [-0.4, -0.2) is 52.0 Å². The fourth-order valence-corrected chi connectivity index (χ4v) is 2.93. The molecule has 1 fully saturated rings. The fraction of sp³-hybridized carbons (Fsp3) is 0.727. The normalized spacial score (nSPS) is 17.9. The molecule has 100 valence electrons. The molecule has 1 aromatic rings. The number of hydrogen-bond acceptors (Lipinski definition) is 5. The topological polar surface area (TPSA) is 49.3 Å². The van der Waals surface area contributed by atoms with Gasteiger partial charge in [-0.1, -0.05) is 34.2 Å². The second-order valence-electron chi connectivity index (χ2n) is 4.29. The summed E-state index contributed by atoms with van der Waals surface area (Å²) in [5.41, 5.74) is 0. The van der Waals surface area contributed by atoms with Gasteiger partial charge in [-0.3, -0.25) is 4.79 Å². The summed E-state index contributed by atoms with van der Waals surface area (Å²) in [5, 5.41) is 10.1. The molecular formula is C11H17BrN4OS. The van der Waals surface area contributed by atoms with Gasteiger partial charge in [-0.25, -0.2) is 0 Å². The SMILES string of the molecule is CCC(Br)C(=O)N1CCN(c2nnc(C)s2)CC1. The number of halogens is 1. The number of alkyl halides is 1. The van der Waals surface area contributed by atoms with Crippen LogP contribution in [0.2, 0.25) is 0 Å². The third-order valence-electron chi connectivity index (χ3n) is 3.00. The van der Waals surface area contributed by atoms with Gasteiger partial charge in [0.25, 0.3) is 0 Å². The van der Waals surface area contributed by atoms with Gasteiger partial charge in [0, 0.05) is 26.2 Å².